The Labute approximate surface area is 135 Å². The van der Waals surface area contributed by atoms with Gasteiger partial charge in [0.15, 0.2) is 0 Å². The van der Waals surface area contributed by atoms with Gasteiger partial charge in [-0.2, -0.15) is 16.9 Å². The Kier molecular flexibility index (Phi) is 5.05. The standard InChI is InChI=1S/C15H24N4O2S/c1-2-12-9-13(18-17-12)14(20)16-10-15(3-8-22-11-15)19-4-6-21-7-5-19/h9H,2-8,10-11H2,1H3,(H,16,20)(H,17,18). The van der Waals surface area contributed by atoms with E-state index in [4.69, 9.17) is 4.74 Å². The first kappa shape index (κ1) is 15.8. The van der Waals surface area contributed by atoms with Crippen LogP contribution in [-0.4, -0.2) is 70.9 Å². The molecule has 1 atom stereocenters. The van der Waals surface area contributed by atoms with E-state index in [1.165, 1.54) is 0 Å². The number of thioether (sulfide) groups is 1. The van der Waals surface area contributed by atoms with Crippen LogP contribution in [-0.2, 0) is 11.2 Å². The van der Waals surface area contributed by atoms with Crippen LogP contribution < -0.4 is 5.32 Å². The number of aromatic nitrogens is 2. The Hall–Kier alpha value is -1.05. The summed E-state index contributed by atoms with van der Waals surface area (Å²) in [5.41, 5.74) is 1.55. The third-order valence-corrected chi connectivity index (χ3v) is 5.82. The summed E-state index contributed by atoms with van der Waals surface area (Å²) >= 11 is 1.97. The first-order valence-corrected chi connectivity index (χ1v) is 9.12. The van der Waals surface area contributed by atoms with Gasteiger partial charge in [-0.1, -0.05) is 6.92 Å². The van der Waals surface area contributed by atoms with Crippen molar-refractivity contribution in [2.24, 2.45) is 0 Å². The van der Waals surface area contributed by atoms with Gasteiger partial charge in [0.25, 0.3) is 5.91 Å². The van der Waals surface area contributed by atoms with Crippen LogP contribution in [0.1, 0.15) is 29.5 Å². The number of ether oxygens (including phenoxy) is 1. The molecule has 1 aromatic rings. The summed E-state index contributed by atoms with van der Waals surface area (Å²) in [7, 11) is 0. The van der Waals surface area contributed by atoms with Crippen LogP contribution in [0.5, 0.6) is 0 Å². The molecule has 0 saturated carbocycles. The molecule has 7 heteroatoms. The highest BCUT2D eigenvalue weighted by Crippen LogP contribution is 2.33. The first-order valence-electron chi connectivity index (χ1n) is 7.96. The molecule has 3 heterocycles. The normalized spacial score (nSPS) is 26.2. The lowest BCUT2D eigenvalue weighted by Gasteiger charge is -2.43. The van der Waals surface area contributed by atoms with Crippen LogP contribution >= 0.6 is 11.8 Å². The highest BCUT2D eigenvalue weighted by atomic mass is 32.2. The van der Waals surface area contributed by atoms with Crippen LogP contribution in [0.2, 0.25) is 0 Å². The summed E-state index contributed by atoms with van der Waals surface area (Å²) in [6, 6.07) is 1.83. The van der Waals surface area contributed by atoms with Crippen molar-refractivity contribution < 1.29 is 9.53 Å². The van der Waals surface area contributed by atoms with Crippen LogP contribution in [0.3, 0.4) is 0 Å². The number of nitrogens with one attached hydrogen (secondary N) is 2. The van der Waals surface area contributed by atoms with E-state index in [-0.39, 0.29) is 11.4 Å². The molecule has 6 nitrogen and oxygen atoms in total. The van der Waals surface area contributed by atoms with E-state index in [9.17, 15) is 4.79 Å². The predicted octanol–water partition coefficient (Wildman–Crippen LogP) is 0.910. The topological polar surface area (TPSA) is 70.2 Å². The Morgan fingerprint density at radius 1 is 1.55 bits per heavy atom. The van der Waals surface area contributed by atoms with E-state index >= 15 is 0 Å². The molecule has 2 aliphatic rings. The van der Waals surface area contributed by atoms with E-state index in [1.54, 1.807) is 0 Å². The molecular weight excluding hydrogens is 300 g/mol. The molecule has 22 heavy (non-hydrogen) atoms. The molecule has 0 aliphatic carbocycles. The van der Waals surface area contributed by atoms with Gasteiger partial charge < -0.3 is 10.1 Å². The largest absolute Gasteiger partial charge is 0.379 e. The number of nitrogens with zero attached hydrogens (tertiary/aromatic N) is 2. The van der Waals surface area contributed by atoms with E-state index in [0.29, 0.717) is 12.2 Å². The van der Waals surface area contributed by atoms with Gasteiger partial charge in [-0.15, -0.1) is 0 Å². The fourth-order valence-corrected chi connectivity index (χ4v) is 4.61. The summed E-state index contributed by atoms with van der Waals surface area (Å²) < 4.78 is 5.46. The molecule has 2 N–H and O–H groups in total. The summed E-state index contributed by atoms with van der Waals surface area (Å²) in [5, 5.41) is 10.1. The maximum Gasteiger partial charge on any atom is 0.271 e. The van der Waals surface area contributed by atoms with Gasteiger partial charge in [-0.05, 0) is 24.7 Å². The minimum absolute atomic E-state index is 0.0774. The minimum atomic E-state index is -0.0829. The Morgan fingerprint density at radius 3 is 3.00 bits per heavy atom. The Bertz CT molecular complexity index is 507. The molecule has 122 valence electrons. The van der Waals surface area contributed by atoms with Crippen LogP contribution in [0.15, 0.2) is 6.07 Å². The third kappa shape index (κ3) is 3.31. The number of rotatable bonds is 5. The number of hydrogen-bond donors (Lipinski definition) is 2. The predicted molar refractivity (Wildman–Crippen MR) is 87.4 cm³/mol. The molecule has 1 unspecified atom stereocenters. The number of carbonyl (C=O) groups excluding carboxylic acids is 1. The highest BCUT2D eigenvalue weighted by Gasteiger charge is 2.40. The van der Waals surface area contributed by atoms with Gasteiger partial charge in [0.2, 0.25) is 0 Å². The number of aryl methyl sites for hydroxylation is 1. The zero-order valence-corrected chi connectivity index (χ0v) is 13.9. The number of aromatic amines is 1. The SMILES string of the molecule is CCc1cc(C(=O)NCC2(N3CCOCC3)CCSC2)n[nH]1. The summed E-state index contributed by atoms with van der Waals surface area (Å²) in [4.78, 5) is 14.8. The number of amides is 1. The second kappa shape index (κ2) is 7.02. The molecular formula is C15H24N4O2S. The van der Waals surface area contributed by atoms with E-state index < -0.39 is 0 Å². The Morgan fingerprint density at radius 2 is 2.36 bits per heavy atom. The van der Waals surface area contributed by atoms with Gasteiger partial charge in [0.1, 0.15) is 5.69 Å². The van der Waals surface area contributed by atoms with E-state index in [2.05, 4.69) is 20.4 Å². The maximum atomic E-state index is 12.3. The molecule has 2 aliphatic heterocycles. The molecule has 0 aromatic carbocycles. The van der Waals surface area contributed by atoms with Gasteiger partial charge in [0.05, 0.1) is 13.2 Å². The molecule has 2 saturated heterocycles. The number of carbonyl (C=O) groups is 1. The van der Waals surface area contributed by atoms with Crippen molar-refractivity contribution in [3.8, 4) is 0 Å². The van der Waals surface area contributed by atoms with Crippen LogP contribution in [0.4, 0.5) is 0 Å². The maximum absolute atomic E-state index is 12.3. The zero-order chi connectivity index (χ0) is 15.4. The van der Waals surface area contributed by atoms with Crippen LogP contribution in [0, 0.1) is 0 Å². The second-order valence-electron chi connectivity index (χ2n) is 5.94. The molecule has 1 amide bonds. The summed E-state index contributed by atoms with van der Waals surface area (Å²) in [6.07, 6.45) is 1.98. The number of morpholine rings is 1. The van der Waals surface area contributed by atoms with Gasteiger partial charge in [-0.25, -0.2) is 0 Å². The lowest BCUT2D eigenvalue weighted by atomic mass is 9.95. The fraction of sp³-hybridized carbons (Fsp3) is 0.733. The van der Waals surface area contributed by atoms with Crippen LogP contribution in [0.25, 0.3) is 0 Å². The Balaban J connectivity index is 1.62. The number of H-pyrrole nitrogens is 1. The lowest BCUT2D eigenvalue weighted by molar-refractivity contribution is -0.0129. The summed E-state index contributed by atoms with van der Waals surface area (Å²) in [5.74, 6) is 2.16. The molecule has 0 spiro atoms. The third-order valence-electron chi connectivity index (χ3n) is 4.59. The molecule has 2 fully saturated rings. The number of hydrogen-bond acceptors (Lipinski definition) is 5. The molecule has 0 radical (unpaired) electrons. The lowest BCUT2D eigenvalue weighted by Crippen LogP contribution is -2.59. The van der Waals surface area contributed by atoms with Crippen molar-refractivity contribution in [1.29, 1.82) is 0 Å². The average Bonchev–Trinajstić information content (AvgIpc) is 3.23. The smallest absolute Gasteiger partial charge is 0.271 e. The van der Waals surface area contributed by atoms with Crippen molar-refractivity contribution in [2.75, 3.05) is 44.4 Å². The molecule has 0 bridgehead atoms. The minimum Gasteiger partial charge on any atom is -0.379 e. The molecule has 1 aromatic heterocycles. The van der Waals surface area contributed by atoms with E-state index in [0.717, 1.165) is 56.3 Å². The van der Waals surface area contributed by atoms with Crippen molar-refractivity contribution >= 4 is 17.7 Å². The molecule has 3 rings (SSSR count). The average molecular weight is 324 g/mol. The van der Waals surface area contributed by atoms with Gasteiger partial charge in [0, 0.05) is 36.6 Å². The fourth-order valence-electron chi connectivity index (χ4n) is 3.13. The first-order chi connectivity index (χ1) is 10.7. The second-order valence-corrected chi connectivity index (χ2v) is 7.05. The van der Waals surface area contributed by atoms with Crippen molar-refractivity contribution in [2.45, 2.75) is 25.3 Å². The zero-order valence-electron chi connectivity index (χ0n) is 13.1. The monoisotopic (exact) mass is 324 g/mol. The van der Waals surface area contributed by atoms with Crippen molar-refractivity contribution in [3.63, 3.8) is 0 Å². The highest BCUT2D eigenvalue weighted by molar-refractivity contribution is 7.99. The van der Waals surface area contributed by atoms with Crippen molar-refractivity contribution in [3.05, 3.63) is 17.5 Å². The van der Waals surface area contributed by atoms with Crippen molar-refractivity contribution in [1.82, 2.24) is 20.4 Å². The van der Waals surface area contributed by atoms with Gasteiger partial charge >= 0.3 is 0 Å². The summed E-state index contributed by atoms with van der Waals surface area (Å²) in [6.45, 7) is 6.22. The quantitative estimate of drug-likeness (QED) is 0.842. The van der Waals surface area contributed by atoms with Gasteiger partial charge in [-0.3, -0.25) is 14.8 Å². The van der Waals surface area contributed by atoms with E-state index in [1.807, 2.05) is 24.8 Å².